The molecule has 0 atom stereocenters. The molecule has 0 unspecified atom stereocenters. The topological polar surface area (TPSA) is 29.9 Å². The van der Waals surface area contributed by atoms with Crippen molar-refractivity contribution in [2.45, 2.75) is 0 Å². The molecular weight excluding hydrogens is 273 g/mol. The van der Waals surface area contributed by atoms with Gasteiger partial charge in [0.25, 0.3) is 0 Å². The maximum Gasteiger partial charge on any atom is 0.148 e. The minimum absolute atomic E-state index is 0.256. The van der Waals surface area contributed by atoms with Crippen LogP contribution < -0.4 is 5.32 Å². The lowest BCUT2D eigenvalue weighted by Crippen LogP contribution is -1.96. The molecule has 0 amide bonds. The summed E-state index contributed by atoms with van der Waals surface area (Å²) in [6.45, 7) is 0. The Hall–Kier alpha value is -1.36. The molecule has 2 aromatic rings. The van der Waals surface area contributed by atoms with Gasteiger partial charge in [0.15, 0.2) is 0 Å². The van der Waals surface area contributed by atoms with Gasteiger partial charge in [0.2, 0.25) is 0 Å². The molecule has 0 saturated carbocycles. The zero-order valence-electron chi connectivity index (χ0n) is 8.96. The summed E-state index contributed by atoms with van der Waals surface area (Å²) in [6, 6.07) is 6.66. The Kier molecular flexibility index (Phi) is 2.96. The molecule has 0 radical (unpaired) electrons. The molecule has 0 aliphatic heterocycles. The van der Waals surface area contributed by atoms with E-state index >= 15 is 0 Å². The zero-order valence-corrected chi connectivity index (χ0v) is 10.5. The summed E-state index contributed by atoms with van der Waals surface area (Å²) < 4.78 is 16.2. The Morgan fingerprint density at radius 1 is 1.38 bits per heavy atom. The predicted octanol–water partition coefficient (Wildman–Crippen LogP) is 3.03. The Bertz CT molecular complexity index is 522. The van der Waals surface area contributed by atoms with Crippen LogP contribution in [0.1, 0.15) is 0 Å². The third-order valence-corrected chi connectivity index (χ3v) is 2.83. The number of rotatable bonds is 2. The Morgan fingerprint density at radius 2 is 2.12 bits per heavy atom. The molecule has 1 heterocycles. The van der Waals surface area contributed by atoms with Crippen molar-refractivity contribution in [2.75, 3.05) is 12.4 Å². The lowest BCUT2D eigenvalue weighted by atomic mass is 10.1. The maximum atomic E-state index is 13.7. The number of benzene rings is 1. The highest BCUT2D eigenvalue weighted by atomic mass is 79.9. The number of aromatic nitrogens is 2. The van der Waals surface area contributed by atoms with Crippen LogP contribution in [0, 0.1) is 5.82 Å². The number of aryl methyl sites for hydroxylation is 1. The lowest BCUT2D eigenvalue weighted by Gasteiger charge is -2.03. The molecule has 0 aliphatic carbocycles. The first-order chi connectivity index (χ1) is 7.61. The minimum atomic E-state index is -0.256. The highest BCUT2D eigenvalue weighted by Gasteiger charge is 2.11. The highest BCUT2D eigenvalue weighted by molar-refractivity contribution is 9.10. The summed E-state index contributed by atoms with van der Waals surface area (Å²) in [4.78, 5) is 0. The molecule has 0 bridgehead atoms. The predicted molar refractivity (Wildman–Crippen MR) is 65.8 cm³/mol. The van der Waals surface area contributed by atoms with Crippen LogP contribution in [0.4, 0.5) is 10.2 Å². The fourth-order valence-electron chi connectivity index (χ4n) is 1.54. The Balaban J connectivity index is 2.57. The second-order valence-electron chi connectivity index (χ2n) is 3.41. The van der Waals surface area contributed by atoms with Gasteiger partial charge >= 0.3 is 0 Å². The molecule has 5 heteroatoms. The van der Waals surface area contributed by atoms with Crippen molar-refractivity contribution in [2.24, 2.45) is 7.05 Å². The number of hydrogen-bond acceptors (Lipinski definition) is 2. The van der Waals surface area contributed by atoms with E-state index in [1.54, 1.807) is 30.9 Å². The van der Waals surface area contributed by atoms with E-state index in [0.29, 0.717) is 5.56 Å². The molecular formula is C11H11BrFN3. The van der Waals surface area contributed by atoms with Crippen molar-refractivity contribution >= 4 is 21.7 Å². The molecule has 3 nitrogen and oxygen atoms in total. The summed E-state index contributed by atoms with van der Waals surface area (Å²) in [5.74, 6) is 0.464. The van der Waals surface area contributed by atoms with Gasteiger partial charge in [-0.3, -0.25) is 4.68 Å². The van der Waals surface area contributed by atoms with E-state index < -0.39 is 0 Å². The fraction of sp³-hybridized carbons (Fsp3) is 0.182. The normalized spacial score (nSPS) is 10.5. The molecule has 0 fully saturated rings. The average Bonchev–Trinajstić information content (AvgIpc) is 2.63. The fourth-order valence-corrected chi connectivity index (χ4v) is 1.90. The number of hydrogen-bond donors (Lipinski definition) is 1. The minimum Gasteiger partial charge on any atom is -0.372 e. The van der Waals surface area contributed by atoms with E-state index in [-0.39, 0.29) is 5.82 Å². The Morgan fingerprint density at radius 3 is 2.75 bits per heavy atom. The Labute approximate surface area is 101 Å². The smallest absolute Gasteiger partial charge is 0.148 e. The number of nitrogens with one attached hydrogen (secondary N) is 1. The standard InChI is InChI=1S/C11H11BrFN3/c1-14-11-6-10(16(2)15-11)8-5-7(12)3-4-9(8)13/h3-6H,1-2H3,(H,14,15). The van der Waals surface area contributed by atoms with E-state index in [4.69, 9.17) is 0 Å². The summed E-state index contributed by atoms with van der Waals surface area (Å²) >= 11 is 3.33. The van der Waals surface area contributed by atoms with Gasteiger partial charge in [-0.1, -0.05) is 15.9 Å². The van der Waals surface area contributed by atoms with Gasteiger partial charge in [-0.2, -0.15) is 5.10 Å². The van der Waals surface area contributed by atoms with Crippen molar-refractivity contribution in [1.82, 2.24) is 9.78 Å². The first-order valence-corrected chi connectivity index (χ1v) is 5.58. The quantitative estimate of drug-likeness (QED) is 0.918. The van der Waals surface area contributed by atoms with Crippen LogP contribution in [0.3, 0.4) is 0 Å². The van der Waals surface area contributed by atoms with Crippen molar-refractivity contribution in [1.29, 1.82) is 0 Å². The van der Waals surface area contributed by atoms with Gasteiger partial charge in [-0.25, -0.2) is 4.39 Å². The zero-order chi connectivity index (χ0) is 11.7. The summed E-state index contributed by atoms with van der Waals surface area (Å²) in [5, 5.41) is 7.13. The number of halogens is 2. The van der Waals surface area contributed by atoms with Crippen molar-refractivity contribution < 1.29 is 4.39 Å². The summed E-state index contributed by atoms with van der Waals surface area (Å²) in [5.41, 5.74) is 1.27. The van der Waals surface area contributed by atoms with Crippen molar-refractivity contribution in [3.8, 4) is 11.3 Å². The van der Waals surface area contributed by atoms with Gasteiger partial charge in [-0.05, 0) is 18.2 Å². The first-order valence-electron chi connectivity index (χ1n) is 4.79. The maximum absolute atomic E-state index is 13.7. The molecule has 84 valence electrons. The average molecular weight is 284 g/mol. The van der Waals surface area contributed by atoms with Crippen LogP contribution in [0.15, 0.2) is 28.7 Å². The molecule has 1 N–H and O–H groups in total. The lowest BCUT2D eigenvalue weighted by molar-refractivity contribution is 0.628. The van der Waals surface area contributed by atoms with Gasteiger partial charge in [0.1, 0.15) is 11.6 Å². The van der Waals surface area contributed by atoms with Crippen molar-refractivity contribution in [3.63, 3.8) is 0 Å². The van der Waals surface area contributed by atoms with Crippen LogP contribution in [0.25, 0.3) is 11.3 Å². The van der Waals surface area contributed by atoms with Gasteiger partial charge in [0, 0.05) is 30.2 Å². The molecule has 1 aromatic heterocycles. The van der Waals surface area contributed by atoms with E-state index in [0.717, 1.165) is 16.0 Å². The van der Waals surface area contributed by atoms with Crippen LogP contribution in [-0.2, 0) is 7.05 Å². The van der Waals surface area contributed by atoms with Gasteiger partial charge < -0.3 is 5.32 Å². The van der Waals surface area contributed by atoms with Crippen LogP contribution in [-0.4, -0.2) is 16.8 Å². The summed E-state index contributed by atoms with van der Waals surface area (Å²) in [6.07, 6.45) is 0. The van der Waals surface area contributed by atoms with E-state index in [9.17, 15) is 4.39 Å². The van der Waals surface area contributed by atoms with E-state index in [1.807, 2.05) is 6.07 Å². The second kappa shape index (κ2) is 4.25. The number of anilines is 1. The van der Waals surface area contributed by atoms with E-state index in [2.05, 4.69) is 26.3 Å². The molecule has 1 aromatic carbocycles. The van der Waals surface area contributed by atoms with Gasteiger partial charge in [-0.15, -0.1) is 0 Å². The molecule has 0 saturated heterocycles. The molecule has 2 rings (SSSR count). The molecule has 16 heavy (non-hydrogen) atoms. The third kappa shape index (κ3) is 1.95. The monoisotopic (exact) mass is 283 g/mol. The SMILES string of the molecule is CNc1cc(-c2cc(Br)ccc2F)n(C)n1. The third-order valence-electron chi connectivity index (χ3n) is 2.34. The van der Waals surface area contributed by atoms with Crippen molar-refractivity contribution in [3.05, 3.63) is 34.6 Å². The van der Waals surface area contributed by atoms with Gasteiger partial charge in [0.05, 0.1) is 5.69 Å². The van der Waals surface area contributed by atoms with Crippen LogP contribution in [0.5, 0.6) is 0 Å². The number of nitrogens with zero attached hydrogens (tertiary/aromatic N) is 2. The second-order valence-corrected chi connectivity index (χ2v) is 4.33. The summed E-state index contributed by atoms with van der Waals surface area (Å²) in [7, 11) is 3.57. The van der Waals surface area contributed by atoms with Crippen LogP contribution >= 0.6 is 15.9 Å². The largest absolute Gasteiger partial charge is 0.372 e. The van der Waals surface area contributed by atoms with E-state index in [1.165, 1.54) is 6.07 Å². The van der Waals surface area contributed by atoms with Crippen LogP contribution in [0.2, 0.25) is 0 Å². The molecule has 0 aliphatic rings. The first kappa shape index (κ1) is 11.1. The molecule has 0 spiro atoms. The highest BCUT2D eigenvalue weighted by Crippen LogP contribution is 2.27.